The van der Waals surface area contributed by atoms with Gasteiger partial charge in [-0.05, 0) is 47.4 Å². The summed E-state index contributed by atoms with van der Waals surface area (Å²) in [6.45, 7) is 17.1. The van der Waals surface area contributed by atoms with Gasteiger partial charge >= 0.3 is 35.6 Å². The summed E-state index contributed by atoms with van der Waals surface area (Å²) < 4.78 is 0. The molecule has 0 fully saturated rings. The average Bonchev–Trinajstić information content (AvgIpc) is 2.55. The molecule has 2 aromatic carbocycles. The number of hydrogen-bond acceptors (Lipinski definition) is 2. The number of aryl methyl sites for hydroxylation is 2. The third-order valence-electron chi connectivity index (χ3n) is 4.54. The standard InChI is InChI=1S/C23H31NO.2ClH.Ti/c1-15-9-10-16(2)17(11-15)14-24-20-13-18(22(3,4)5)12-19(21(20)25)23(6,7)8;;;/h9-14,25H,1-8H3;2*1H;/q;;;+2/p-2. The fraction of sp³-hybridized carbons (Fsp3) is 0.435. The van der Waals surface area contributed by atoms with Gasteiger partial charge in [-0.25, -0.2) is 0 Å². The molecule has 0 radical (unpaired) electrons. The van der Waals surface area contributed by atoms with Crippen LogP contribution in [0.25, 0.3) is 0 Å². The second kappa shape index (κ2) is 10.3. The zero-order chi connectivity index (χ0) is 21.7. The molecular weight excluding hydrogens is 425 g/mol. The summed E-state index contributed by atoms with van der Waals surface area (Å²) in [6.07, 6.45) is 1.86. The SMILES string of the molecule is Cc1ccc(C)c(C=Nc2cc(C(C)(C)C)cc(C(C)(C)C)c2O)c1.[Cl][Ti][Cl]. The first kappa shape index (κ1) is 25.2. The normalized spacial score (nSPS) is 11.9. The van der Waals surface area contributed by atoms with Crippen LogP contribution in [0.3, 0.4) is 0 Å². The third-order valence-corrected chi connectivity index (χ3v) is 4.54. The predicted molar refractivity (Wildman–Crippen MR) is 120 cm³/mol. The fourth-order valence-corrected chi connectivity index (χ4v) is 2.76. The molecule has 0 heterocycles. The van der Waals surface area contributed by atoms with Gasteiger partial charge in [-0.2, -0.15) is 0 Å². The minimum atomic E-state index is -0.556. The van der Waals surface area contributed by atoms with E-state index in [0.29, 0.717) is 5.69 Å². The van der Waals surface area contributed by atoms with Crippen LogP contribution in [0.1, 0.15) is 69.4 Å². The summed E-state index contributed by atoms with van der Waals surface area (Å²) in [5.41, 5.74) is 6.07. The van der Waals surface area contributed by atoms with Crippen molar-refractivity contribution in [3.05, 3.63) is 58.1 Å². The second-order valence-electron chi connectivity index (χ2n) is 9.08. The number of aliphatic imine (C=N–C) groups is 1. The van der Waals surface area contributed by atoms with Gasteiger partial charge in [-0.15, -0.1) is 0 Å². The molecule has 0 aliphatic rings. The number of hydrogen-bond donors (Lipinski definition) is 1. The van der Waals surface area contributed by atoms with Gasteiger partial charge in [-0.1, -0.05) is 71.4 Å². The van der Waals surface area contributed by atoms with Crippen LogP contribution < -0.4 is 0 Å². The minimum absolute atomic E-state index is 0.00276. The van der Waals surface area contributed by atoms with Crippen molar-refractivity contribution in [2.75, 3.05) is 0 Å². The van der Waals surface area contributed by atoms with Crippen molar-refractivity contribution in [1.82, 2.24) is 0 Å². The summed E-state index contributed by atoms with van der Waals surface area (Å²) in [5, 5.41) is 10.8. The zero-order valence-electron chi connectivity index (χ0n) is 18.1. The molecule has 0 saturated heterocycles. The van der Waals surface area contributed by atoms with Gasteiger partial charge < -0.3 is 5.11 Å². The van der Waals surface area contributed by atoms with E-state index in [2.05, 4.69) is 84.6 Å². The first-order valence-electron chi connectivity index (χ1n) is 9.26. The Morgan fingerprint density at radius 3 is 2.00 bits per heavy atom. The molecule has 152 valence electrons. The van der Waals surface area contributed by atoms with Crippen molar-refractivity contribution in [2.24, 2.45) is 4.99 Å². The fourth-order valence-electron chi connectivity index (χ4n) is 2.76. The maximum atomic E-state index is 10.8. The van der Waals surface area contributed by atoms with Gasteiger partial charge in [-0.3, -0.25) is 4.99 Å². The van der Waals surface area contributed by atoms with Gasteiger partial charge in [0, 0.05) is 11.8 Å². The third kappa shape index (κ3) is 7.23. The molecule has 2 nitrogen and oxygen atoms in total. The number of benzene rings is 2. The van der Waals surface area contributed by atoms with Crippen LogP contribution in [0.2, 0.25) is 0 Å². The van der Waals surface area contributed by atoms with Crippen molar-refractivity contribution in [3.8, 4) is 5.75 Å². The summed E-state index contributed by atoms with van der Waals surface area (Å²) in [5.74, 6) is 0.280. The molecule has 5 heteroatoms. The van der Waals surface area contributed by atoms with Gasteiger partial charge in [0.1, 0.15) is 11.4 Å². The monoisotopic (exact) mass is 455 g/mol. The summed E-state index contributed by atoms with van der Waals surface area (Å²) >= 11 is -0.556. The molecular formula is C23H31Cl2NOTi. The summed E-state index contributed by atoms with van der Waals surface area (Å²) in [4.78, 5) is 4.65. The van der Waals surface area contributed by atoms with E-state index in [4.69, 9.17) is 18.6 Å². The van der Waals surface area contributed by atoms with E-state index < -0.39 is 17.0 Å². The van der Waals surface area contributed by atoms with E-state index in [9.17, 15) is 5.11 Å². The Morgan fingerprint density at radius 2 is 1.50 bits per heavy atom. The second-order valence-corrected chi connectivity index (χ2v) is 11.7. The van der Waals surface area contributed by atoms with Crippen LogP contribution in [-0.4, -0.2) is 11.3 Å². The molecule has 1 N–H and O–H groups in total. The van der Waals surface area contributed by atoms with Crippen LogP contribution in [0.5, 0.6) is 5.75 Å². The quantitative estimate of drug-likeness (QED) is 0.364. The van der Waals surface area contributed by atoms with E-state index in [1.807, 2.05) is 12.3 Å². The Morgan fingerprint density at radius 1 is 0.929 bits per heavy atom. The van der Waals surface area contributed by atoms with Gasteiger partial charge in [0.25, 0.3) is 0 Å². The Bertz CT molecular complexity index is 834. The zero-order valence-corrected chi connectivity index (χ0v) is 21.2. The van der Waals surface area contributed by atoms with Crippen LogP contribution in [0.4, 0.5) is 5.69 Å². The van der Waals surface area contributed by atoms with Crippen LogP contribution >= 0.6 is 18.6 Å². The number of aromatic hydroxyl groups is 1. The Labute approximate surface area is 187 Å². The summed E-state index contributed by atoms with van der Waals surface area (Å²) in [7, 11) is 9.78. The van der Waals surface area contributed by atoms with E-state index >= 15 is 0 Å². The predicted octanol–water partition coefficient (Wildman–Crippen LogP) is 7.73. The van der Waals surface area contributed by atoms with E-state index in [-0.39, 0.29) is 16.6 Å². The van der Waals surface area contributed by atoms with Gasteiger partial charge in [0.2, 0.25) is 0 Å². The Balaban J connectivity index is 0.00000122. The number of halogens is 2. The molecule has 0 spiro atoms. The van der Waals surface area contributed by atoms with Crippen molar-refractivity contribution >= 4 is 30.5 Å². The average molecular weight is 456 g/mol. The molecule has 2 aromatic rings. The number of rotatable bonds is 2. The summed E-state index contributed by atoms with van der Waals surface area (Å²) in [6, 6.07) is 10.4. The molecule has 0 amide bonds. The van der Waals surface area contributed by atoms with Crippen molar-refractivity contribution < 1.29 is 22.1 Å². The van der Waals surface area contributed by atoms with Crippen molar-refractivity contribution in [2.45, 2.75) is 66.2 Å². The van der Waals surface area contributed by atoms with Crippen LogP contribution in [0, 0.1) is 13.8 Å². The number of phenols is 1. The Hall–Kier alpha value is -0.796. The molecule has 0 saturated carbocycles. The molecule has 0 aromatic heterocycles. The maximum absolute atomic E-state index is 10.8. The molecule has 0 unspecified atom stereocenters. The van der Waals surface area contributed by atoms with Crippen molar-refractivity contribution in [1.29, 1.82) is 0 Å². The van der Waals surface area contributed by atoms with E-state index in [1.165, 1.54) is 16.7 Å². The number of nitrogens with zero attached hydrogens (tertiary/aromatic N) is 1. The first-order chi connectivity index (χ1) is 12.8. The number of phenolic OH excluding ortho intramolecular Hbond substituents is 1. The van der Waals surface area contributed by atoms with E-state index in [1.54, 1.807) is 0 Å². The topological polar surface area (TPSA) is 32.6 Å². The molecule has 28 heavy (non-hydrogen) atoms. The first-order valence-corrected chi connectivity index (χ1v) is 13.6. The molecule has 0 atom stereocenters. The molecule has 0 bridgehead atoms. The van der Waals surface area contributed by atoms with Crippen LogP contribution in [-0.2, 0) is 27.9 Å². The van der Waals surface area contributed by atoms with Gasteiger partial charge in [0.05, 0.1) is 0 Å². The van der Waals surface area contributed by atoms with E-state index in [0.717, 1.165) is 11.1 Å². The molecule has 0 aliphatic heterocycles. The molecule has 0 aliphatic carbocycles. The van der Waals surface area contributed by atoms with Gasteiger partial charge in [0.15, 0.2) is 0 Å². The van der Waals surface area contributed by atoms with Crippen molar-refractivity contribution in [3.63, 3.8) is 0 Å². The van der Waals surface area contributed by atoms with Crippen LogP contribution in [0.15, 0.2) is 35.3 Å². The molecule has 2 rings (SSSR count). The Kier molecular flexibility index (Phi) is 9.28.